The van der Waals surface area contributed by atoms with Gasteiger partial charge in [-0.15, -0.1) is 0 Å². The first kappa shape index (κ1) is 28.8. The monoisotopic (exact) mass is 518 g/mol. The van der Waals surface area contributed by atoms with E-state index in [9.17, 15) is 9.59 Å². The average Bonchev–Trinajstić information content (AvgIpc) is 3.51. The number of aliphatic hydroxyl groups excluding tert-OH is 1. The molecule has 0 amide bonds. The molecule has 0 bridgehead atoms. The van der Waals surface area contributed by atoms with Crippen molar-refractivity contribution >= 4 is 23.3 Å². The van der Waals surface area contributed by atoms with Crippen molar-refractivity contribution in [3.8, 4) is 0 Å². The first-order chi connectivity index (χ1) is 17.4. The van der Waals surface area contributed by atoms with Crippen LogP contribution in [0.15, 0.2) is 18.5 Å². The quantitative estimate of drug-likeness (QED) is 0.425. The lowest BCUT2D eigenvalue weighted by atomic mass is 9.71. The molecule has 10 heteroatoms. The highest BCUT2D eigenvalue weighted by atomic mass is 16.6. The lowest BCUT2D eigenvalue weighted by Gasteiger charge is -2.35. The molecule has 0 radical (unpaired) electrons. The zero-order valence-corrected chi connectivity index (χ0v) is 22.7. The molecule has 206 valence electrons. The Morgan fingerprint density at radius 2 is 1.76 bits per heavy atom. The predicted octanol–water partition coefficient (Wildman–Crippen LogP) is 4.21. The molecule has 0 aromatic carbocycles. The van der Waals surface area contributed by atoms with Crippen LogP contribution in [-0.4, -0.2) is 51.1 Å². The minimum Gasteiger partial charge on any atom is -0.463 e. The van der Waals surface area contributed by atoms with E-state index < -0.39 is 17.6 Å². The maximum atomic E-state index is 12.7. The number of aliphatic hydroxyl groups is 1. The van der Waals surface area contributed by atoms with Crippen LogP contribution in [0.25, 0.3) is 5.52 Å². The van der Waals surface area contributed by atoms with Gasteiger partial charge in [-0.25, -0.2) is 9.50 Å². The number of hydrogen-bond donors (Lipinski definition) is 2. The fraction of sp³-hybridized carbons (Fsp3) is 0.704. The molecule has 3 heterocycles. The molecule has 2 aromatic rings. The van der Waals surface area contributed by atoms with Crippen molar-refractivity contribution in [1.82, 2.24) is 14.6 Å². The van der Waals surface area contributed by atoms with Crippen LogP contribution in [0.4, 0.5) is 5.82 Å². The zero-order valence-electron chi connectivity index (χ0n) is 22.7. The number of ether oxygens (including phenoxy) is 3. The predicted molar refractivity (Wildman–Crippen MR) is 138 cm³/mol. The molecular weight excluding hydrogens is 476 g/mol. The standard InChI is InChI=1S/C21H30N4O3.C6H12O3/c1-21(2,14-6-4-3-5-7-14)20(26)27-12-15-8-11-18(28-15)16-9-10-17-19(22)23-13-24-25(16)17;1-6(2,3)5(8)9-4-7/h9-10,13-15,18H,3-8,11-12H2,1-2H3,(H2,22,23,24);7H,4H2,1-3H3. The van der Waals surface area contributed by atoms with Gasteiger partial charge in [-0.1, -0.05) is 19.3 Å². The second-order valence-corrected chi connectivity index (χ2v) is 11.5. The van der Waals surface area contributed by atoms with E-state index >= 15 is 0 Å². The van der Waals surface area contributed by atoms with Crippen LogP contribution < -0.4 is 5.73 Å². The average molecular weight is 519 g/mol. The number of esters is 2. The third kappa shape index (κ3) is 7.19. The maximum Gasteiger partial charge on any atom is 0.313 e. The summed E-state index contributed by atoms with van der Waals surface area (Å²) in [7, 11) is 0. The van der Waals surface area contributed by atoms with Crippen LogP contribution in [-0.2, 0) is 23.8 Å². The third-order valence-electron chi connectivity index (χ3n) is 7.31. The normalized spacial score (nSPS) is 20.8. The highest BCUT2D eigenvalue weighted by Gasteiger charge is 2.39. The first-order valence-corrected chi connectivity index (χ1v) is 13.1. The van der Waals surface area contributed by atoms with Crippen molar-refractivity contribution < 1.29 is 28.9 Å². The second kappa shape index (κ2) is 12.2. The molecule has 1 saturated carbocycles. The van der Waals surface area contributed by atoms with Crippen molar-refractivity contribution in [2.45, 2.75) is 91.8 Å². The molecule has 3 N–H and O–H groups in total. The van der Waals surface area contributed by atoms with Gasteiger partial charge in [0.15, 0.2) is 12.6 Å². The topological polar surface area (TPSA) is 138 Å². The molecule has 1 saturated heterocycles. The number of hydrogen-bond acceptors (Lipinski definition) is 9. The number of nitrogens with zero attached hydrogens (tertiary/aromatic N) is 3. The maximum absolute atomic E-state index is 12.7. The Morgan fingerprint density at radius 3 is 2.38 bits per heavy atom. The molecule has 37 heavy (non-hydrogen) atoms. The van der Waals surface area contributed by atoms with E-state index in [4.69, 9.17) is 20.3 Å². The van der Waals surface area contributed by atoms with Gasteiger partial charge in [0.2, 0.25) is 0 Å². The molecule has 2 aromatic heterocycles. The molecule has 2 atom stereocenters. The van der Waals surface area contributed by atoms with Gasteiger partial charge in [0.25, 0.3) is 0 Å². The summed E-state index contributed by atoms with van der Waals surface area (Å²) >= 11 is 0. The smallest absolute Gasteiger partial charge is 0.313 e. The number of carbonyl (C=O) groups is 2. The van der Waals surface area contributed by atoms with Gasteiger partial charge in [-0.2, -0.15) is 5.10 Å². The number of carbonyl (C=O) groups excluding carboxylic acids is 2. The Kier molecular flexibility index (Phi) is 9.52. The highest BCUT2D eigenvalue weighted by molar-refractivity contribution is 5.76. The molecule has 2 unspecified atom stereocenters. The number of nitrogens with two attached hydrogens (primary N) is 1. The van der Waals surface area contributed by atoms with Crippen LogP contribution in [0, 0.1) is 16.7 Å². The van der Waals surface area contributed by atoms with Gasteiger partial charge in [0, 0.05) is 0 Å². The summed E-state index contributed by atoms with van der Waals surface area (Å²) in [5, 5.41) is 12.4. The SMILES string of the molecule is CC(C)(C(=O)OCC1CCC(c2ccc3c(N)ncnn23)O1)C1CCCCC1.CC(C)(C)C(=O)OCO. The van der Waals surface area contributed by atoms with Gasteiger partial charge >= 0.3 is 11.9 Å². The van der Waals surface area contributed by atoms with Crippen LogP contribution in [0.1, 0.15) is 91.4 Å². The van der Waals surface area contributed by atoms with Crippen LogP contribution in [0.3, 0.4) is 0 Å². The van der Waals surface area contributed by atoms with E-state index in [0.29, 0.717) is 18.3 Å². The number of anilines is 1. The van der Waals surface area contributed by atoms with Crippen LogP contribution in [0.2, 0.25) is 0 Å². The molecule has 2 aliphatic rings. The first-order valence-electron chi connectivity index (χ1n) is 13.1. The van der Waals surface area contributed by atoms with Crippen molar-refractivity contribution in [2.24, 2.45) is 16.7 Å². The summed E-state index contributed by atoms with van der Waals surface area (Å²) in [6, 6.07) is 3.89. The number of aromatic nitrogens is 3. The highest BCUT2D eigenvalue weighted by Crippen LogP contribution is 2.40. The van der Waals surface area contributed by atoms with E-state index in [1.807, 2.05) is 26.0 Å². The largest absolute Gasteiger partial charge is 0.463 e. The second-order valence-electron chi connectivity index (χ2n) is 11.5. The Morgan fingerprint density at radius 1 is 1.05 bits per heavy atom. The van der Waals surface area contributed by atoms with Gasteiger partial charge in [-0.05, 0) is 78.4 Å². The van der Waals surface area contributed by atoms with Gasteiger partial charge in [0.05, 0.1) is 22.6 Å². The lowest BCUT2D eigenvalue weighted by Crippen LogP contribution is -2.37. The fourth-order valence-electron chi connectivity index (χ4n) is 4.88. The molecule has 2 fully saturated rings. The van der Waals surface area contributed by atoms with Crippen molar-refractivity contribution in [2.75, 3.05) is 19.1 Å². The molecule has 4 rings (SSSR count). The Labute approximate surface area is 218 Å². The summed E-state index contributed by atoms with van der Waals surface area (Å²) in [4.78, 5) is 27.4. The molecule has 1 aliphatic carbocycles. The van der Waals surface area contributed by atoms with E-state index in [1.165, 1.54) is 25.6 Å². The van der Waals surface area contributed by atoms with E-state index in [1.54, 1.807) is 25.3 Å². The number of fused-ring (bicyclic) bond motifs is 1. The molecular formula is C27H42N4O6. The molecule has 10 nitrogen and oxygen atoms in total. The summed E-state index contributed by atoms with van der Waals surface area (Å²) in [6.45, 7) is 9.02. The number of nitrogen functional groups attached to an aromatic ring is 1. The van der Waals surface area contributed by atoms with Crippen LogP contribution >= 0.6 is 0 Å². The van der Waals surface area contributed by atoms with Gasteiger partial charge in [-0.3, -0.25) is 9.59 Å². The van der Waals surface area contributed by atoms with E-state index in [0.717, 1.165) is 36.9 Å². The summed E-state index contributed by atoms with van der Waals surface area (Å²) in [6.07, 6.45) is 8.97. The van der Waals surface area contributed by atoms with Crippen LogP contribution in [0.5, 0.6) is 0 Å². The Balaban J connectivity index is 0.000000364. The van der Waals surface area contributed by atoms with Crippen molar-refractivity contribution in [3.05, 3.63) is 24.2 Å². The molecule has 1 aliphatic heterocycles. The summed E-state index contributed by atoms with van der Waals surface area (Å²) in [5.41, 5.74) is 6.71. The third-order valence-corrected chi connectivity index (χ3v) is 7.31. The minimum absolute atomic E-state index is 0.0770. The van der Waals surface area contributed by atoms with Crippen molar-refractivity contribution in [3.63, 3.8) is 0 Å². The summed E-state index contributed by atoms with van der Waals surface area (Å²) < 4.78 is 18.0. The Bertz CT molecular complexity index is 1050. The fourth-order valence-corrected chi connectivity index (χ4v) is 4.88. The van der Waals surface area contributed by atoms with E-state index in [2.05, 4.69) is 14.8 Å². The Hall–Kier alpha value is -2.72. The summed E-state index contributed by atoms with van der Waals surface area (Å²) in [5.74, 6) is 0.392. The minimum atomic E-state index is -0.532. The van der Waals surface area contributed by atoms with Crippen molar-refractivity contribution in [1.29, 1.82) is 0 Å². The van der Waals surface area contributed by atoms with E-state index in [-0.39, 0.29) is 24.1 Å². The zero-order chi connectivity index (χ0) is 27.2. The lowest BCUT2D eigenvalue weighted by molar-refractivity contribution is -0.162. The van der Waals surface area contributed by atoms with Gasteiger partial charge < -0.3 is 25.1 Å². The van der Waals surface area contributed by atoms with Gasteiger partial charge in [0.1, 0.15) is 24.6 Å². The number of rotatable bonds is 6. The molecule has 0 spiro atoms.